The predicted molar refractivity (Wildman–Crippen MR) is 108 cm³/mol. The fraction of sp³-hybridized carbons (Fsp3) is 0.429. The Kier molecular flexibility index (Phi) is 5.07. The molecule has 2 amide bonds. The van der Waals surface area contributed by atoms with Gasteiger partial charge in [-0.25, -0.2) is 0 Å². The van der Waals surface area contributed by atoms with E-state index in [2.05, 4.69) is 4.28 Å². The molecule has 0 fully saturated rings. The molecule has 1 aliphatic rings. The van der Waals surface area contributed by atoms with Gasteiger partial charge < -0.3 is 0 Å². The standard InChI is InChI=1S/C21H22F3NO5S/c1-19(2,3)12-7-11-8-13(20(4,5)6)10-15-16(11)14(9-12)17(26)25(18(15)27)30-31(28,29)21(22,23)24/h7-10H,1-6H3. The summed E-state index contributed by atoms with van der Waals surface area (Å²) >= 11 is 0. The molecule has 0 atom stereocenters. The van der Waals surface area contributed by atoms with Crippen molar-refractivity contribution in [2.45, 2.75) is 57.9 Å². The Morgan fingerprint density at radius 2 is 1.16 bits per heavy atom. The maximum Gasteiger partial charge on any atom is 0.525 e. The number of imide groups is 1. The molecule has 0 N–H and O–H groups in total. The molecule has 0 saturated carbocycles. The third kappa shape index (κ3) is 3.94. The summed E-state index contributed by atoms with van der Waals surface area (Å²) in [5, 5.41) is 0.490. The smallest absolute Gasteiger partial charge is 0.266 e. The van der Waals surface area contributed by atoms with E-state index in [0.29, 0.717) is 16.5 Å². The number of hydrogen-bond donors (Lipinski definition) is 0. The van der Waals surface area contributed by atoms with E-state index in [-0.39, 0.29) is 21.6 Å². The first-order valence-electron chi connectivity index (χ1n) is 9.37. The molecule has 2 aromatic rings. The van der Waals surface area contributed by atoms with E-state index in [1.54, 1.807) is 0 Å². The van der Waals surface area contributed by atoms with Gasteiger partial charge >= 0.3 is 15.6 Å². The Hall–Kier alpha value is -2.46. The van der Waals surface area contributed by atoms with Crippen molar-refractivity contribution < 1.29 is 35.5 Å². The number of halogens is 3. The van der Waals surface area contributed by atoms with Crippen LogP contribution in [0.4, 0.5) is 13.2 Å². The lowest BCUT2D eigenvalue weighted by molar-refractivity contribution is -0.0761. The molecule has 0 spiro atoms. The first-order valence-corrected chi connectivity index (χ1v) is 10.8. The lowest BCUT2D eigenvalue weighted by Gasteiger charge is -2.30. The number of hydrogen-bond acceptors (Lipinski definition) is 5. The van der Waals surface area contributed by atoms with Crippen LogP contribution in [-0.4, -0.2) is 30.8 Å². The summed E-state index contributed by atoms with van der Waals surface area (Å²) in [6.07, 6.45) is 0. The van der Waals surface area contributed by atoms with Gasteiger partial charge in [-0.15, -0.1) is 9.35 Å². The van der Waals surface area contributed by atoms with Gasteiger partial charge in [0.1, 0.15) is 0 Å². The maximum atomic E-state index is 12.9. The predicted octanol–water partition coefficient (Wildman–Crippen LogP) is 4.81. The van der Waals surface area contributed by atoms with Crippen LogP contribution in [0.2, 0.25) is 0 Å². The van der Waals surface area contributed by atoms with Crippen LogP contribution in [0.1, 0.15) is 73.4 Å². The number of carbonyl (C=O) groups excluding carboxylic acids is 2. The van der Waals surface area contributed by atoms with Gasteiger partial charge in [-0.1, -0.05) is 53.7 Å². The van der Waals surface area contributed by atoms with Crippen molar-refractivity contribution in [3.8, 4) is 0 Å². The highest BCUT2D eigenvalue weighted by atomic mass is 32.2. The minimum atomic E-state index is -6.23. The van der Waals surface area contributed by atoms with E-state index in [9.17, 15) is 31.2 Å². The molecule has 6 nitrogen and oxygen atoms in total. The van der Waals surface area contributed by atoms with E-state index < -0.39 is 38.3 Å². The van der Waals surface area contributed by atoms with Crippen LogP contribution in [0, 0.1) is 0 Å². The molecule has 10 heteroatoms. The van der Waals surface area contributed by atoms with Crippen LogP contribution in [-0.2, 0) is 25.2 Å². The Bertz CT molecular complexity index is 1150. The van der Waals surface area contributed by atoms with Gasteiger partial charge in [0.25, 0.3) is 11.8 Å². The molecule has 0 saturated heterocycles. The van der Waals surface area contributed by atoms with Crippen molar-refractivity contribution in [1.82, 2.24) is 5.06 Å². The Morgan fingerprint density at radius 1 is 0.774 bits per heavy atom. The van der Waals surface area contributed by atoms with Crippen molar-refractivity contribution in [3.63, 3.8) is 0 Å². The molecule has 0 aliphatic carbocycles. The summed E-state index contributed by atoms with van der Waals surface area (Å²) in [6.45, 7) is 11.3. The second-order valence-electron chi connectivity index (χ2n) is 9.52. The zero-order valence-electron chi connectivity index (χ0n) is 17.8. The fourth-order valence-electron chi connectivity index (χ4n) is 3.24. The van der Waals surface area contributed by atoms with E-state index in [0.717, 1.165) is 0 Å². The summed E-state index contributed by atoms with van der Waals surface area (Å²) in [5.41, 5.74) is -5.50. The number of hydroxylamine groups is 2. The first kappa shape index (κ1) is 23.2. The van der Waals surface area contributed by atoms with Gasteiger partial charge in [0.2, 0.25) is 0 Å². The topological polar surface area (TPSA) is 80.8 Å². The molecule has 168 valence electrons. The van der Waals surface area contributed by atoms with E-state index in [1.165, 1.54) is 12.1 Å². The van der Waals surface area contributed by atoms with Crippen molar-refractivity contribution in [3.05, 3.63) is 46.5 Å². The number of carbonyl (C=O) groups is 2. The van der Waals surface area contributed by atoms with Crippen LogP contribution < -0.4 is 0 Å². The largest absolute Gasteiger partial charge is 0.525 e. The third-order valence-electron chi connectivity index (χ3n) is 5.07. The highest BCUT2D eigenvalue weighted by Gasteiger charge is 2.51. The molecule has 2 aromatic carbocycles. The highest BCUT2D eigenvalue weighted by molar-refractivity contribution is 7.87. The van der Waals surface area contributed by atoms with Gasteiger partial charge in [-0.3, -0.25) is 9.59 Å². The first-order chi connectivity index (χ1) is 13.8. The van der Waals surface area contributed by atoms with Crippen LogP contribution in [0.15, 0.2) is 24.3 Å². The second kappa shape index (κ2) is 6.77. The third-order valence-corrected chi connectivity index (χ3v) is 5.98. The van der Waals surface area contributed by atoms with E-state index in [4.69, 9.17) is 0 Å². The second-order valence-corrected chi connectivity index (χ2v) is 11.0. The summed E-state index contributed by atoms with van der Waals surface area (Å²) in [6, 6.07) is 6.55. The number of nitrogens with zero attached hydrogens (tertiary/aromatic N) is 1. The van der Waals surface area contributed by atoms with Gasteiger partial charge in [0, 0.05) is 5.39 Å². The molecule has 1 aliphatic heterocycles. The Morgan fingerprint density at radius 3 is 1.48 bits per heavy atom. The molecular weight excluding hydrogens is 435 g/mol. The lowest BCUT2D eigenvalue weighted by Crippen LogP contribution is -2.44. The molecule has 0 radical (unpaired) electrons. The average molecular weight is 457 g/mol. The molecule has 31 heavy (non-hydrogen) atoms. The van der Waals surface area contributed by atoms with Crippen molar-refractivity contribution in [2.24, 2.45) is 0 Å². The average Bonchev–Trinajstić information content (AvgIpc) is 2.59. The zero-order chi connectivity index (χ0) is 23.7. The Balaban J connectivity index is 2.34. The SMILES string of the molecule is CC(C)(C)c1cc2c3c(cc(C(C)(C)C)cc3c1)C(=O)N(OS(=O)(=O)C(F)(F)F)C2=O. The molecule has 0 bridgehead atoms. The monoisotopic (exact) mass is 457 g/mol. The number of rotatable bonds is 2. The van der Waals surface area contributed by atoms with Crippen molar-refractivity contribution in [2.75, 3.05) is 0 Å². The Labute approximate surface area is 178 Å². The molecule has 3 rings (SSSR count). The van der Waals surface area contributed by atoms with Crippen molar-refractivity contribution >= 4 is 32.7 Å². The van der Waals surface area contributed by atoms with Crippen LogP contribution in [0.25, 0.3) is 10.8 Å². The van der Waals surface area contributed by atoms with Gasteiger partial charge in [-0.2, -0.15) is 21.6 Å². The van der Waals surface area contributed by atoms with Crippen LogP contribution in [0.3, 0.4) is 0 Å². The molecule has 0 aromatic heterocycles. The summed E-state index contributed by atoms with van der Waals surface area (Å²) in [4.78, 5) is 25.9. The number of alkyl halides is 3. The zero-order valence-corrected chi connectivity index (χ0v) is 18.7. The minimum Gasteiger partial charge on any atom is -0.266 e. The number of benzene rings is 2. The molecular formula is C21H22F3NO5S. The molecule has 0 unspecified atom stereocenters. The normalized spacial score (nSPS) is 15.7. The van der Waals surface area contributed by atoms with Gasteiger partial charge in [0.05, 0.1) is 11.1 Å². The fourth-order valence-corrected chi connectivity index (χ4v) is 3.65. The summed E-state index contributed by atoms with van der Waals surface area (Å²) < 4.78 is 65.6. The lowest BCUT2D eigenvalue weighted by atomic mass is 9.79. The van der Waals surface area contributed by atoms with Gasteiger partial charge in [-0.05, 0) is 39.5 Å². The molecule has 1 heterocycles. The van der Waals surface area contributed by atoms with E-state index in [1.807, 2.05) is 53.7 Å². The van der Waals surface area contributed by atoms with Crippen LogP contribution >= 0.6 is 0 Å². The highest BCUT2D eigenvalue weighted by Crippen LogP contribution is 2.39. The van der Waals surface area contributed by atoms with Gasteiger partial charge in [0.15, 0.2) is 0 Å². The van der Waals surface area contributed by atoms with E-state index >= 15 is 0 Å². The quantitative estimate of drug-likeness (QED) is 0.478. The summed E-state index contributed by atoms with van der Waals surface area (Å²) in [7, 11) is -6.23. The number of amides is 2. The van der Waals surface area contributed by atoms with Crippen LogP contribution in [0.5, 0.6) is 0 Å². The van der Waals surface area contributed by atoms with Crippen molar-refractivity contribution in [1.29, 1.82) is 0 Å². The summed E-state index contributed by atoms with van der Waals surface area (Å²) in [5.74, 6) is -2.55. The minimum absolute atomic E-state index is 0.102. The maximum absolute atomic E-state index is 12.9.